The van der Waals surface area contributed by atoms with Gasteiger partial charge in [0, 0.05) is 6.42 Å². The highest BCUT2D eigenvalue weighted by Gasteiger charge is 2.53. The van der Waals surface area contributed by atoms with Gasteiger partial charge in [-0.25, -0.2) is 23.7 Å². The van der Waals surface area contributed by atoms with Crippen LogP contribution in [-0.4, -0.2) is 75.6 Å². The van der Waals surface area contributed by atoms with E-state index in [4.69, 9.17) is 5.11 Å². The van der Waals surface area contributed by atoms with Crippen LogP contribution in [0.5, 0.6) is 0 Å². The molecular formula is C18H28N2O6S+2. The van der Waals surface area contributed by atoms with Gasteiger partial charge >= 0.3 is 29.6 Å². The lowest BCUT2D eigenvalue weighted by Gasteiger charge is -2.35. The number of aliphatic carboxylic acids is 1. The standard InChI is InChI=1S/C18H26N2O6S/c1-19(14(21)6-7-15(19)22)11-10-12(4-3-5-13(27)18(25)26)20(2)16(23)8-9-17(20)24/h12-13H,3-11H2,1-2H3/p+2/t12-,13-/m0/s1. The molecule has 0 bridgehead atoms. The Balaban J connectivity index is 2.13. The quantitative estimate of drug-likeness (QED) is 0.338. The Bertz CT molecular complexity index is 645. The van der Waals surface area contributed by atoms with E-state index in [1.54, 1.807) is 14.1 Å². The molecule has 0 aromatic heterocycles. The summed E-state index contributed by atoms with van der Waals surface area (Å²) in [5.41, 5.74) is 0. The molecule has 0 aromatic carbocycles. The molecule has 2 aliphatic heterocycles. The van der Waals surface area contributed by atoms with E-state index in [0.717, 1.165) is 0 Å². The molecule has 2 aliphatic rings. The molecule has 8 nitrogen and oxygen atoms in total. The second kappa shape index (κ2) is 8.20. The lowest BCUT2D eigenvalue weighted by atomic mass is 10.0. The van der Waals surface area contributed by atoms with Crippen LogP contribution < -0.4 is 0 Å². The zero-order valence-electron chi connectivity index (χ0n) is 15.8. The minimum atomic E-state index is -1.00. The number of carbonyl (C=O) groups excluding carboxylic acids is 4. The number of likely N-dealkylation sites (tertiary alicyclic amines) is 2. The van der Waals surface area contributed by atoms with Gasteiger partial charge in [0.05, 0.1) is 58.0 Å². The number of amides is 4. The fraction of sp³-hybridized carbons (Fsp3) is 0.722. The number of rotatable bonds is 9. The van der Waals surface area contributed by atoms with Gasteiger partial charge < -0.3 is 5.11 Å². The van der Waals surface area contributed by atoms with E-state index < -0.39 is 11.2 Å². The second-order valence-corrected chi connectivity index (χ2v) is 8.42. The molecule has 0 spiro atoms. The maximum Gasteiger partial charge on any atom is 0.321 e. The van der Waals surface area contributed by atoms with Crippen molar-refractivity contribution in [2.45, 2.75) is 62.7 Å². The first-order chi connectivity index (χ1) is 12.5. The van der Waals surface area contributed by atoms with Crippen molar-refractivity contribution in [3.63, 3.8) is 0 Å². The van der Waals surface area contributed by atoms with Crippen molar-refractivity contribution >= 4 is 42.2 Å². The molecule has 2 heterocycles. The van der Waals surface area contributed by atoms with Crippen LogP contribution in [0, 0.1) is 0 Å². The molecule has 0 radical (unpaired) electrons. The van der Waals surface area contributed by atoms with E-state index in [-0.39, 0.29) is 70.9 Å². The summed E-state index contributed by atoms with van der Waals surface area (Å²) in [5, 5.41) is 8.17. The fourth-order valence-electron chi connectivity index (χ4n) is 4.06. The van der Waals surface area contributed by atoms with Gasteiger partial charge in [0.1, 0.15) is 6.04 Å². The molecule has 2 rings (SSSR count). The Morgan fingerprint density at radius 3 is 1.89 bits per heavy atom. The average Bonchev–Trinajstić information content (AvgIpc) is 3.03. The Morgan fingerprint density at radius 2 is 1.41 bits per heavy atom. The topological polar surface area (TPSA) is 106 Å². The van der Waals surface area contributed by atoms with Gasteiger partial charge in [-0.3, -0.25) is 4.79 Å². The molecule has 0 aromatic rings. The lowest BCUT2D eigenvalue weighted by Crippen LogP contribution is -2.58. The number of nitrogens with zero attached hydrogens (tertiary/aromatic N) is 2. The van der Waals surface area contributed by atoms with Crippen LogP contribution >= 0.6 is 12.6 Å². The van der Waals surface area contributed by atoms with E-state index in [0.29, 0.717) is 25.7 Å². The number of hydrogen-bond acceptors (Lipinski definition) is 6. The molecule has 0 saturated carbocycles. The van der Waals surface area contributed by atoms with Gasteiger partial charge in [0.15, 0.2) is 0 Å². The minimum absolute atomic E-state index is 0.137. The van der Waals surface area contributed by atoms with Crippen LogP contribution in [0.25, 0.3) is 0 Å². The van der Waals surface area contributed by atoms with Crippen LogP contribution in [0.15, 0.2) is 0 Å². The van der Waals surface area contributed by atoms with Crippen molar-refractivity contribution in [3.05, 3.63) is 0 Å². The molecule has 27 heavy (non-hydrogen) atoms. The van der Waals surface area contributed by atoms with Crippen LogP contribution in [0.4, 0.5) is 0 Å². The highest BCUT2D eigenvalue weighted by Crippen LogP contribution is 2.31. The first kappa shape index (κ1) is 21.7. The summed E-state index contributed by atoms with van der Waals surface area (Å²) >= 11 is 4.02. The Morgan fingerprint density at radius 1 is 0.926 bits per heavy atom. The number of hydrogen-bond donors (Lipinski definition) is 2. The number of thiol groups is 1. The molecule has 150 valence electrons. The van der Waals surface area contributed by atoms with E-state index in [1.807, 2.05) is 0 Å². The van der Waals surface area contributed by atoms with E-state index in [2.05, 4.69) is 12.6 Å². The largest absolute Gasteiger partial charge is 0.480 e. The predicted molar refractivity (Wildman–Crippen MR) is 98.4 cm³/mol. The van der Waals surface area contributed by atoms with E-state index in [9.17, 15) is 24.0 Å². The molecule has 2 fully saturated rings. The zero-order chi connectivity index (χ0) is 20.4. The number of carbonyl (C=O) groups is 5. The van der Waals surface area contributed by atoms with Gasteiger partial charge in [-0.15, -0.1) is 0 Å². The normalized spacial score (nSPS) is 23.7. The van der Waals surface area contributed by atoms with Gasteiger partial charge in [-0.2, -0.15) is 17.1 Å². The average molecular weight is 400 g/mol. The Kier molecular flexibility index (Phi) is 6.59. The molecular weight excluding hydrogens is 372 g/mol. The first-order valence-corrected chi connectivity index (χ1v) is 9.81. The predicted octanol–water partition coefficient (Wildman–Crippen LogP) is 0.886. The fourth-order valence-corrected chi connectivity index (χ4v) is 4.24. The number of imide groups is 2. The van der Waals surface area contributed by atoms with Crippen molar-refractivity contribution in [1.29, 1.82) is 0 Å². The summed E-state index contributed by atoms with van der Waals surface area (Å²) in [5.74, 6) is -1.60. The van der Waals surface area contributed by atoms with Gasteiger partial charge in [-0.1, -0.05) is 0 Å². The zero-order valence-corrected chi connectivity index (χ0v) is 16.7. The Hall–Kier alpha value is -1.58. The summed E-state index contributed by atoms with van der Waals surface area (Å²) in [6.07, 6.45) is 2.48. The smallest absolute Gasteiger partial charge is 0.321 e. The van der Waals surface area contributed by atoms with Crippen LogP contribution in [0.2, 0.25) is 0 Å². The number of carboxylic acids is 1. The second-order valence-electron chi connectivity index (χ2n) is 7.79. The Labute approximate surface area is 164 Å². The highest BCUT2D eigenvalue weighted by atomic mass is 32.1. The monoisotopic (exact) mass is 400 g/mol. The first-order valence-electron chi connectivity index (χ1n) is 9.29. The highest BCUT2D eigenvalue weighted by molar-refractivity contribution is 7.81. The third-order valence-electron chi connectivity index (χ3n) is 6.18. The third kappa shape index (κ3) is 4.14. The summed E-state index contributed by atoms with van der Waals surface area (Å²) < 4.78 is -0.615. The van der Waals surface area contributed by atoms with Crippen LogP contribution in [-0.2, 0) is 24.0 Å². The van der Waals surface area contributed by atoms with Gasteiger partial charge in [0.2, 0.25) is 0 Å². The molecule has 2 atom stereocenters. The molecule has 4 amide bonds. The molecule has 2 saturated heterocycles. The van der Waals surface area contributed by atoms with Gasteiger partial charge in [-0.05, 0) is 12.8 Å². The lowest BCUT2D eigenvalue weighted by molar-refractivity contribution is -0.794. The van der Waals surface area contributed by atoms with E-state index in [1.165, 1.54) is 0 Å². The summed E-state index contributed by atoms with van der Waals surface area (Å²) in [7, 11) is 3.20. The van der Waals surface area contributed by atoms with Crippen molar-refractivity contribution in [2.24, 2.45) is 0 Å². The van der Waals surface area contributed by atoms with E-state index >= 15 is 0 Å². The summed E-state index contributed by atoms with van der Waals surface area (Å²) in [6, 6.07) is -0.377. The van der Waals surface area contributed by atoms with Crippen molar-refractivity contribution in [1.82, 2.24) is 0 Å². The van der Waals surface area contributed by atoms with Crippen molar-refractivity contribution in [2.75, 3.05) is 20.6 Å². The molecule has 0 aliphatic carbocycles. The molecule has 0 unspecified atom stereocenters. The summed E-state index contributed by atoms with van der Waals surface area (Å²) in [6.45, 7) is 0.250. The van der Waals surface area contributed by atoms with Crippen LogP contribution in [0.3, 0.4) is 0 Å². The maximum absolute atomic E-state index is 12.5. The number of quaternary nitrogens is 2. The van der Waals surface area contributed by atoms with Crippen molar-refractivity contribution < 1.29 is 38.0 Å². The molecule has 9 heteroatoms. The molecule has 1 N–H and O–H groups in total. The SMILES string of the molecule is C[N+]1(CC[C@H](CCC[C@H](S)C(=O)O)[N+]2(C)C(=O)CCC2=O)C(=O)CCC1=O. The maximum atomic E-state index is 12.5. The van der Waals surface area contributed by atoms with Gasteiger partial charge in [0.25, 0.3) is 0 Å². The third-order valence-corrected chi connectivity index (χ3v) is 6.66. The summed E-state index contributed by atoms with van der Waals surface area (Å²) in [4.78, 5) is 60.2. The van der Waals surface area contributed by atoms with Crippen molar-refractivity contribution in [3.8, 4) is 0 Å². The van der Waals surface area contributed by atoms with Crippen LogP contribution in [0.1, 0.15) is 51.4 Å². The number of carboxylic acid groups (broad SMARTS) is 1. The minimum Gasteiger partial charge on any atom is -0.480 e.